The molecular formula is C20H18ClNO4. The largest absolute Gasteiger partial charge is 0.362 e. The fourth-order valence-corrected chi connectivity index (χ4v) is 3.74. The van der Waals surface area contributed by atoms with Gasteiger partial charge in [-0.2, -0.15) is 0 Å². The third-order valence-corrected chi connectivity index (χ3v) is 5.28. The molecule has 0 aliphatic heterocycles. The number of halogens is 1. The van der Waals surface area contributed by atoms with E-state index in [-0.39, 0.29) is 12.0 Å². The molecule has 134 valence electrons. The summed E-state index contributed by atoms with van der Waals surface area (Å²) >= 11 is 5.91. The number of Topliss-reactive ketones (excluding diaryl/α,β-unsaturated/α-hetero) is 2. The van der Waals surface area contributed by atoms with E-state index in [1.54, 1.807) is 57.2 Å². The molecule has 1 fully saturated rings. The van der Waals surface area contributed by atoms with Crippen molar-refractivity contribution in [2.24, 2.45) is 5.41 Å². The lowest BCUT2D eigenvalue weighted by molar-refractivity contribution is -0.542. The topological polar surface area (TPSA) is 77.3 Å². The first-order valence-corrected chi connectivity index (χ1v) is 8.58. The summed E-state index contributed by atoms with van der Waals surface area (Å²) in [6.45, 7) is 4.84. The van der Waals surface area contributed by atoms with E-state index in [9.17, 15) is 19.7 Å². The van der Waals surface area contributed by atoms with Gasteiger partial charge in [0.2, 0.25) is 11.6 Å². The van der Waals surface area contributed by atoms with Gasteiger partial charge in [0, 0.05) is 27.3 Å². The molecule has 0 radical (unpaired) electrons. The van der Waals surface area contributed by atoms with Crippen LogP contribution in [0.25, 0.3) is 11.1 Å². The van der Waals surface area contributed by atoms with Crippen molar-refractivity contribution in [2.75, 3.05) is 0 Å². The average Bonchev–Trinajstić information content (AvgIpc) is 2.75. The molecule has 5 nitrogen and oxygen atoms in total. The molecule has 1 saturated carbocycles. The molecule has 1 aliphatic carbocycles. The number of hydrogen-bond acceptors (Lipinski definition) is 4. The number of carbonyl (C=O) groups excluding carboxylic acids is 2. The summed E-state index contributed by atoms with van der Waals surface area (Å²) in [7, 11) is 0. The van der Waals surface area contributed by atoms with Crippen molar-refractivity contribution >= 4 is 23.2 Å². The van der Waals surface area contributed by atoms with E-state index in [1.807, 2.05) is 6.07 Å². The molecular weight excluding hydrogens is 354 g/mol. The van der Waals surface area contributed by atoms with Crippen molar-refractivity contribution in [3.63, 3.8) is 0 Å². The van der Waals surface area contributed by atoms with Crippen LogP contribution in [0.1, 0.15) is 31.4 Å². The van der Waals surface area contributed by atoms with Crippen LogP contribution < -0.4 is 0 Å². The van der Waals surface area contributed by atoms with Gasteiger partial charge in [-0.05, 0) is 41.8 Å². The maximum Gasteiger partial charge on any atom is 0.362 e. The Labute approximate surface area is 156 Å². The second-order valence-corrected chi connectivity index (χ2v) is 7.75. The molecule has 1 unspecified atom stereocenters. The normalized spacial score (nSPS) is 21.8. The molecule has 1 aliphatic rings. The van der Waals surface area contributed by atoms with E-state index < -0.39 is 27.4 Å². The summed E-state index contributed by atoms with van der Waals surface area (Å²) in [5.74, 6) is -1.31. The molecule has 3 rings (SSSR count). The third-order valence-electron chi connectivity index (χ3n) is 5.03. The van der Waals surface area contributed by atoms with Crippen molar-refractivity contribution in [1.29, 1.82) is 0 Å². The number of nitrogens with zero attached hydrogens (tertiary/aromatic N) is 1. The van der Waals surface area contributed by atoms with Crippen molar-refractivity contribution in [3.8, 4) is 11.1 Å². The fourth-order valence-electron chi connectivity index (χ4n) is 3.62. The van der Waals surface area contributed by atoms with Gasteiger partial charge >= 0.3 is 5.54 Å². The van der Waals surface area contributed by atoms with Crippen LogP contribution in [-0.4, -0.2) is 16.5 Å². The Kier molecular flexibility index (Phi) is 4.23. The summed E-state index contributed by atoms with van der Waals surface area (Å²) < 4.78 is 0. The summed E-state index contributed by atoms with van der Waals surface area (Å²) in [5.41, 5.74) is -1.22. The van der Waals surface area contributed by atoms with E-state index in [0.29, 0.717) is 16.1 Å². The van der Waals surface area contributed by atoms with Crippen molar-refractivity contribution in [3.05, 3.63) is 68.7 Å². The zero-order valence-corrected chi connectivity index (χ0v) is 15.5. The average molecular weight is 372 g/mol. The summed E-state index contributed by atoms with van der Waals surface area (Å²) in [4.78, 5) is 37.0. The minimum atomic E-state index is -2.34. The highest BCUT2D eigenvalue weighted by Gasteiger charge is 2.69. The maximum atomic E-state index is 13.0. The Bertz CT molecular complexity index is 933. The highest BCUT2D eigenvalue weighted by molar-refractivity contribution is 6.30. The minimum absolute atomic E-state index is 0.141. The number of aryl methyl sites for hydroxylation is 1. The Morgan fingerprint density at radius 2 is 1.62 bits per heavy atom. The molecule has 0 spiro atoms. The smallest absolute Gasteiger partial charge is 0.291 e. The minimum Gasteiger partial charge on any atom is -0.291 e. The highest BCUT2D eigenvalue weighted by atomic mass is 35.5. The molecule has 0 bridgehead atoms. The van der Waals surface area contributed by atoms with Gasteiger partial charge in [0.1, 0.15) is 0 Å². The van der Waals surface area contributed by atoms with Gasteiger partial charge in [-0.1, -0.05) is 49.7 Å². The van der Waals surface area contributed by atoms with Crippen LogP contribution in [-0.2, 0) is 15.1 Å². The van der Waals surface area contributed by atoms with E-state index in [1.165, 1.54) is 0 Å². The Balaban J connectivity index is 2.25. The number of nitro groups is 1. The molecule has 0 N–H and O–H groups in total. The maximum absolute atomic E-state index is 13.0. The van der Waals surface area contributed by atoms with Gasteiger partial charge in [-0.3, -0.25) is 19.7 Å². The lowest BCUT2D eigenvalue weighted by Crippen LogP contribution is -2.48. The molecule has 2 aromatic rings. The third kappa shape index (κ3) is 2.54. The second-order valence-electron chi connectivity index (χ2n) is 7.32. The molecule has 0 amide bonds. The number of rotatable bonds is 3. The van der Waals surface area contributed by atoms with E-state index in [2.05, 4.69) is 0 Å². The van der Waals surface area contributed by atoms with E-state index >= 15 is 0 Å². The van der Waals surface area contributed by atoms with Crippen LogP contribution in [0.2, 0.25) is 5.02 Å². The van der Waals surface area contributed by atoms with Crippen LogP contribution in [0.15, 0.2) is 42.5 Å². The van der Waals surface area contributed by atoms with Crippen LogP contribution in [0, 0.1) is 22.5 Å². The van der Waals surface area contributed by atoms with Gasteiger partial charge in [0.05, 0.1) is 0 Å². The highest BCUT2D eigenvalue weighted by Crippen LogP contribution is 2.47. The SMILES string of the molecule is Cc1ccc(-c2ccc(Cl)cc2)cc1C1([N+](=O)[O-])C(=O)CC(C)(C)C1=O. The Morgan fingerprint density at radius 1 is 1.04 bits per heavy atom. The van der Waals surface area contributed by atoms with Crippen LogP contribution >= 0.6 is 11.6 Å². The van der Waals surface area contributed by atoms with Crippen molar-refractivity contribution in [2.45, 2.75) is 32.7 Å². The van der Waals surface area contributed by atoms with Gasteiger partial charge < -0.3 is 0 Å². The number of ketones is 2. The molecule has 1 atom stereocenters. The quantitative estimate of drug-likeness (QED) is 0.456. The van der Waals surface area contributed by atoms with Crippen LogP contribution in [0.5, 0.6) is 0 Å². The zero-order valence-electron chi connectivity index (χ0n) is 14.7. The summed E-state index contributed by atoms with van der Waals surface area (Å²) in [5, 5.41) is 12.6. The standard InChI is InChI=1S/C20H18ClNO4/c1-12-4-5-14(13-6-8-15(21)9-7-13)10-16(12)20(22(25)26)17(23)11-19(2,3)18(20)24/h4-10H,11H2,1-3H3. The number of hydrogen-bond donors (Lipinski definition) is 0. The van der Waals surface area contributed by atoms with Gasteiger partial charge in [-0.25, -0.2) is 0 Å². The van der Waals surface area contributed by atoms with Crippen molar-refractivity contribution < 1.29 is 14.5 Å². The number of carbonyl (C=O) groups is 2. The Morgan fingerprint density at radius 3 is 2.12 bits per heavy atom. The van der Waals surface area contributed by atoms with E-state index in [4.69, 9.17) is 11.6 Å². The first kappa shape index (κ1) is 18.3. The zero-order chi connectivity index (χ0) is 19.3. The van der Waals surface area contributed by atoms with Gasteiger partial charge in [0.15, 0.2) is 0 Å². The molecule has 6 heteroatoms. The summed E-state index contributed by atoms with van der Waals surface area (Å²) in [6.07, 6.45) is -0.141. The van der Waals surface area contributed by atoms with Gasteiger partial charge in [-0.15, -0.1) is 0 Å². The molecule has 0 saturated heterocycles. The van der Waals surface area contributed by atoms with Crippen molar-refractivity contribution in [1.82, 2.24) is 0 Å². The predicted molar refractivity (Wildman–Crippen MR) is 98.7 cm³/mol. The van der Waals surface area contributed by atoms with E-state index in [0.717, 1.165) is 5.56 Å². The second kappa shape index (κ2) is 6.02. The first-order chi connectivity index (χ1) is 12.1. The molecule has 26 heavy (non-hydrogen) atoms. The molecule has 0 heterocycles. The molecule has 0 aromatic heterocycles. The fraction of sp³-hybridized carbons (Fsp3) is 0.300. The lowest BCUT2D eigenvalue weighted by Gasteiger charge is -2.22. The van der Waals surface area contributed by atoms with Gasteiger partial charge in [0.25, 0.3) is 0 Å². The van der Waals surface area contributed by atoms with Crippen LogP contribution in [0.3, 0.4) is 0 Å². The first-order valence-electron chi connectivity index (χ1n) is 8.20. The number of benzene rings is 2. The molecule has 2 aromatic carbocycles. The predicted octanol–water partition coefficient (Wildman–Crippen LogP) is 4.36. The monoisotopic (exact) mass is 371 g/mol. The van der Waals surface area contributed by atoms with Crippen LogP contribution in [0.4, 0.5) is 0 Å². The Hall–Kier alpha value is -2.53. The summed E-state index contributed by atoms with van der Waals surface area (Å²) in [6, 6.07) is 12.1. The lowest BCUT2D eigenvalue weighted by atomic mass is 9.79.